The van der Waals surface area contributed by atoms with Crippen LogP contribution in [0.2, 0.25) is 0 Å². The van der Waals surface area contributed by atoms with Crippen LogP contribution in [0.3, 0.4) is 0 Å². The lowest BCUT2D eigenvalue weighted by Gasteiger charge is -2.17. The lowest BCUT2D eigenvalue weighted by molar-refractivity contribution is -0.107. The first-order valence-corrected chi connectivity index (χ1v) is 7.86. The van der Waals surface area contributed by atoms with Crippen LogP contribution in [0.1, 0.15) is 18.4 Å². The van der Waals surface area contributed by atoms with Gasteiger partial charge in [-0.2, -0.15) is 4.31 Å². The van der Waals surface area contributed by atoms with Gasteiger partial charge in [0.15, 0.2) is 0 Å². The maximum absolute atomic E-state index is 12.5. The SMILES string of the molecule is C#CCN(CC#CCCC=O)S(=O)(=O)c1ccc(C)cc1. The summed E-state index contributed by atoms with van der Waals surface area (Å²) in [5, 5.41) is 0. The molecular formula is C16H17NO3S. The molecule has 0 radical (unpaired) electrons. The zero-order valence-electron chi connectivity index (χ0n) is 11.9. The van der Waals surface area contributed by atoms with Gasteiger partial charge in [-0.3, -0.25) is 0 Å². The van der Waals surface area contributed by atoms with E-state index in [1.807, 2.05) is 6.92 Å². The molecule has 0 atom stereocenters. The Balaban J connectivity index is 2.92. The zero-order chi connectivity index (χ0) is 15.7. The Morgan fingerprint density at radius 3 is 2.43 bits per heavy atom. The third-order valence-electron chi connectivity index (χ3n) is 2.69. The van der Waals surface area contributed by atoms with Crippen molar-refractivity contribution in [2.45, 2.75) is 24.7 Å². The van der Waals surface area contributed by atoms with Gasteiger partial charge >= 0.3 is 0 Å². The molecule has 21 heavy (non-hydrogen) atoms. The van der Waals surface area contributed by atoms with Crippen molar-refractivity contribution in [2.24, 2.45) is 0 Å². The highest BCUT2D eigenvalue weighted by molar-refractivity contribution is 7.89. The zero-order valence-corrected chi connectivity index (χ0v) is 12.7. The first-order valence-electron chi connectivity index (χ1n) is 6.42. The second-order valence-corrected chi connectivity index (χ2v) is 6.29. The molecule has 1 aromatic rings. The lowest BCUT2D eigenvalue weighted by Crippen LogP contribution is -2.31. The molecule has 0 aliphatic carbocycles. The molecule has 0 N–H and O–H groups in total. The van der Waals surface area contributed by atoms with E-state index in [2.05, 4.69) is 17.8 Å². The number of benzene rings is 1. The summed E-state index contributed by atoms with van der Waals surface area (Å²) in [6.07, 6.45) is 6.76. The number of nitrogens with zero attached hydrogens (tertiary/aromatic N) is 1. The molecule has 0 saturated carbocycles. The minimum Gasteiger partial charge on any atom is -0.303 e. The maximum atomic E-state index is 12.5. The van der Waals surface area contributed by atoms with Gasteiger partial charge in [-0.05, 0) is 19.1 Å². The molecule has 5 heteroatoms. The quantitative estimate of drug-likeness (QED) is 0.456. The first kappa shape index (κ1) is 17.0. The van der Waals surface area contributed by atoms with E-state index in [1.165, 1.54) is 0 Å². The highest BCUT2D eigenvalue weighted by atomic mass is 32.2. The van der Waals surface area contributed by atoms with Crippen LogP contribution < -0.4 is 0 Å². The normalized spacial score (nSPS) is 10.5. The van der Waals surface area contributed by atoms with Gasteiger partial charge in [0, 0.05) is 12.8 Å². The van der Waals surface area contributed by atoms with Crippen molar-refractivity contribution < 1.29 is 13.2 Å². The number of hydrogen-bond donors (Lipinski definition) is 0. The fourth-order valence-corrected chi connectivity index (χ4v) is 2.81. The third-order valence-corrected chi connectivity index (χ3v) is 4.50. The average molecular weight is 303 g/mol. The number of carbonyl (C=O) groups is 1. The lowest BCUT2D eigenvalue weighted by atomic mass is 10.2. The van der Waals surface area contributed by atoms with E-state index in [0.717, 1.165) is 16.2 Å². The van der Waals surface area contributed by atoms with Gasteiger partial charge in [-0.25, -0.2) is 8.42 Å². The van der Waals surface area contributed by atoms with Crippen molar-refractivity contribution >= 4 is 16.3 Å². The Morgan fingerprint density at radius 1 is 1.19 bits per heavy atom. The molecule has 0 bridgehead atoms. The fourth-order valence-electron chi connectivity index (χ4n) is 1.55. The van der Waals surface area contributed by atoms with E-state index in [0.29, 0.717) is 12.8 Å². The van der Waals surface area contributed by atoms with Crippen molar-refractivity contribution in [1.29, 1.82) is 0 Å². The van der Waals surface area contributed by atoms with Crippen LogP contribution in [0, 0.1) is 31.1 Å². The second kappa shape index (κ2) is 8.26. The third kappa shape index (κ3) is 5.07. The minimum atomic E-state index is -3.65. The predicted molar refractivity (Wildman–Crippen MR) is 81.8 cm³/mol. The molecule has 0 saturated heterocycles. The summed E-state index contributed by atoms with van der Waals surface area (Å²) in [6.45, 7) is 1.85. The monoisotopic (exact) mass is 303 g/mol. The van der Waals surface area contributed by atoms with E-state index in [9.17, 15) is 13.2 Å². The Bertz CT molecular complexity index is 673. The van der Waals surface area contributed by atoms with E-state index >= 15 is 0 Å². The van der Waals surface area contributed by atoms with Gasteiger partial charge in [-0.15, -0.1) is 12.3 Å². The molecular weight excluding hydrogens is 286 g/mol. The molecule has 0 heterocycles. The molecule has 0 aliphatic rings. The fraction of sp³-hybridized carbons (Fsp3) is 0.312. The van der Waals surface area contributed by atoms with Gasteiger partial charge in [0.2, 0.25) is 10.0 Å². The van der Waals surface area contributed by atoms with Crippen molar-refractivity contribution in [1.82, 2.24) is 4.31 Å². The number of hydrogen-bond acceptors (Lipinski definition) is 3. The van der Waals surface area contributed by atoms with Gasteiger partial charge in [-0.1, -0.05) is 29.5 Å². The highest BCUT2D eigenvalue weighted by Gasteiger charge is 2.22. The van der Waals surface area contributed by atoms with E-state index in [-0.39, 0.29) is 18.0 Å². The number of unbranched alkanes of at least 4 members (excludes halogenated alkanes) is 1. The largest absolute Gasteiger partial charge is 0.303 e. The molecule has 0 fully saturated rings. The summed E-state index contributed by atoms with van der Waals surface area (Å²) in [4.78, 5) is 10.4. The first-order chi connectivity index (χ1) is 10.0. The molecule has 4 nitrogen and oxygen atoms in total. The molecule has 110 valence electrons. The standard InChI is InChI=1S/C16H17NO3S/c1-3-12-17(13-6-4-5-7-14-18)21(19,20)16-10-8-15(2)9-11-16/h1,8-11,14H,5,7,12-13H2,2H3. The number of aldehydes is 1. The summed E-state index contributed by atoms with van der Waals surface area (Å²) in [7, 11) is -3.65. The van der Waals surface area contributed by atoms with E-state index in [1.54, 1.807) is 24.3 Å². The second-order valence-electron chi connectivity index (χ2n) is 4.35. The maximum Gasteiger partial charge on any atom is 0.244 e. The van der Waals surface area contributed by atoms with Crippen molar-refractivity contribution in [3.05, 3.63) is 29.8 Å². The number of carbonyl (C=O) groups excluding carboxylic acids is 1. The van der Waals surface area contributed by atoms with E-state index in [4.69, 9.17) is 6.42 Å². The number of aryl methyl sites for hydroxylation is 1. The van der Waals surface area contributed by atoms with Crippen molar-refractivity contribution in [3.8, 4) is 24.2 Å². The van der Waals surface area contributed by atoms with E-state index < -0.39 is 10.0 Å². The summed E-state index contributed by atoms with van der Waals surface area (Å²) >= 11 is 0. The van der Waals surface area contributed by atoms with Crippen LogP contribution in [-0.4, -0.2) is 32.1 Å². The number of terminal acetylenes is 1. The molecule has 0 unspecified atom stereocenters. The average Bonchev–Trinajstić information content (AvgIpc) is 2.46. The van der Waals surface area contributed by atoms with Gasteiger partial charge in [0.25, 0.3) is 0 Å². The molecule has 0 aliphatic heterocycles. The molecule has 0 spiro atoms. The predicted octanol–water partition coefficient (Wildman–Crippen LogP) is 1.60. The minimum absolute atomic E-state index is 0.0132. The van der Waals surface area contributed by atoms with Gasteiger partial charge in [0.05, 0.1) is 18.0 Å². The summed E-state index contributed by atoms with van der Waals surface area (Å²) in [6, 6.07) is 6.56. The molecule has 0 amide bonds. The molecule has 0 aromatic heterocycles. The Morgan fingerprint density at radius 2 is 1.86 bits per heavy atom. The summed E-state index contributed by atoms with van der Waals surface area (Å²) in [5.74, 6) is 7.82. The Hall–Kier alpha value is -2.08. The van der Waals surface area contributed by atoms with Gasteiger partial charge in [0.1, 0.15) is 6.29 Å². The van der Waals surface area contributed by atoms with Crippen LogP contribution in [0.4, 0.5) is 0 Å². The highest BCUT2D eigenvalue weighted by Crippen LogP contribution is 2.15. The molecule has 1 aromatic carbocycles. The van der Waals surface area contributed by atoms with Crippen LogP contribution in [0.15, 0.2) is 29.2 Å². The van der Waals surface area contributed by atoms with Crippen LogP contribution in [0.5, 0.6) is 0 Å². The smallest absolute Gasteiger partial charge is 0.244 e. The van der Waals surface area contributed by atoms with Crippen molar-refractivity contribution in [2.75, 3.05) is 13.1 Å². The Labute approximate surface area is 126 Å². The number of rotatable bonds is 6. The Kier molecular flexibility index (Phi) is 6.68. The van der Waals surface area contributed by atoms with Crippen LogP contribution in [0.25, 0.3) is 0 Å². The summed E-state index contributed by atoms with van der Waals surface area (Å²) in [5.41, 5.74) is 0.978. The topological polar surface area (TPSA) is 54.5 Å². The van der Waals surface area contributed by atoms with Gasteiger partial charge < -0.3 is 4.79 Å². The molecule has 1 rings (SSSR count). The van der Waals surface area contributed by atoms with Crippen LogP contribution >= 0.6 is 0 Å². The van der Waals surface area contributed by atoms with Crippen LogP contribution in [-0.2, 0) is 14.8 Å². The number of sulfonamides is 1. The summed E-state index contributed by atoms with van der Waals surface area (Å²) < 4.78 is 26.1. The van der Waals surface area contributed by atoms with Crippen molar-refractivity contribution in [3.63, 3.8) is 0 Å².